The van der Waals surface area contributed by atoms with Crippen LogP contribution < -0.4 is 4.74 Å². The van der Waals surface area contributed by atoms with Gasteiger partial charge in [-0.25, -0.2) is 4.79 Å². The van der Waals surface area contributed by atoms with Gasteiger partial charge in [-0.1, -0.05) is 30.3 Å². The summed E-state index contributed by atoms with van der Waals surface area (Å²) in [5.74, 6) is -5.51. The third-order valence-electron chi connectivity index (χ3n) is 6.71. The van der Waals surface area contributed by atoms with E-state index in [9.17, 15) is 50.4 Å². The number of ketones is 1. The number of carbonyl (C=O) groups is 2. The van der Waals surface area contributed by atoms with Crippen molar-refractivity contribution in [1.29, 1.82) is 0 Å². The SMILES string of the molecule is Cc1c(O)c(C(=O)c2ccccc2)c(O)c(C)c1O[C@@H]1O[C@H](COC(=O)c2cc(O)c(O)c(O)c2)[C@@H](O)[C@H](O)[C@H]1O. The third-order valence-corrected chi connectivity index (χ3v) is 6.71. The molecule has 1 aliphatic rings. The molecule has 0 radical (unpaired) electrons. The van der Waals surface area contributed by atoms with E-state index in [1.807, 2.05) is 0 Å². The van der Waals surface area contributed by atoms with Gasteiger partial charge in [0.05, 0.1) is 5.56 Å². The zero-order chi connectivity index (χ0) is 30.2. The number of carbonyl (C=O) groups excluding carboxylic acids is 2. The van der Waals surface area contributed by atoms with Crippen molar-refractivity contribution in [3.05, 3.63) is 70.3 Å². The van der Waals surface area contributed by atoms with E-state index in [-0.39, 0.29) is 33.6 Å². The molecular formula is C28H28O13. The summed E-state index contributed by atoms with van der Waals surface area (Å²) in [5.41, 5.74) is -0.491. The molecule has 13 nitrogen and oxygen atoms in total. The lowest BCUT2D eigenvalue weighted by molar-refractivity contribution is -0.277. The summed E-state index contributed by atoms with van der Waals surface area (Å²) in [6.45, 7) is 2.09. The lowest BCUT2D eigenvalue weighted by atomic mass is 9.95. The monoisotopic (exact) mass is 572 g/mol. The largest absolute Gasteiger partial charge is 0.507 e. The molecular weight excluding hydrogens is 544 g/mol. The number of aliphatic hydroxyl groups is 3. The standard InChI is InChI=1S/C28H28O13/c1-11-19(31)18(21(33)13-6-4-3-5-7-13)20(32)12(2)26(11)41-28-25(37)24(36)23(35)17(40-28)10-39-27(38)14-8-15(29)22(34)16(30)9-14/h3-9,17,23-25,28-32,34-37H,10H2,1-2H3/t17-,23-,24+,25-,28+/m1/s1. The second kappa shape index (κ2) is 11.5. The Balaban J connectivity index is 1.55. The molecule has 4 rings (SSSR count). The maximum absolute atomic E-state index is 13.0. The van der Waals surface area contributed by atoms with Crippen LogP contribution >= 0.6 is 0 Å². The number of phenolic OH excluding ortho intramolecular Hbond substituents is 5. The zero-order valence-electron chi connectivity index (χ0n) is 21.8. The van der Waals surface area contributed by atoms with E-state index in [4.69, 9.17) is 14.2 Å². The topological polar surface area (TPSA) is 224 Å². The van der Waals surface area contributed by atoms with Crippen LogP contribution in [-0.4, -0.2) is 89.9 Å². The molecule has 1 fully saturated rings. The molecule has 1 aliphatic heterocycles. The molecule has 0 aliphatic carbocycles. The number of benzene rings is 3. The summed E-state index contributed by atoms with van der Waals surface area (Å²) in [6, 6.07) is 9.61. The van der Waals surface area contributed by atoms with Crippen LogP contribution in [0.4, 0.5) is 0 Å². The van der Waals surface area contributed by atoms with Crippen molar-refractivity contribution in [3.63, 3.8) is 0 Å². The van der Waals surface area contributed by atoms with E-state index < -0.39 is 77.8 Å². The molecule has 5 atom stereocenters. The minimum atomic E-state index is -1.85. The summed E-state index contributed by atoms with van der Waals surface area (Å²) in [7, 11) is 0. The van der Waals surface area contributed by atoms with Crippen LogP contribution in [0, 0.1) is 13.8 Å². The van der Waals surface area contributed by atoms with Crippen LogP contribution in [0.5, 0.6) is 34.5 Å². The van der Waals surface area contributed by atoms with Gasteiger partial charge >= 0.3 is 5.97 Å². The average Bonchev–Trinajstić information content (AvgIpc) is 2.96. The van der Waals surface area contributed by atoms with E-state index >= 15 is 0 Å². The summed E-state index contributed by atoms with van der Waals surface area (Å²) >= 11 is 0. The van der Waals surface area contributed by atoms with E-state index in [0.717, 1.165) is 12.1 Å². The molecule has 0 unspecified atom stereocenters. The predicted octanol–water partition coefficient (Wildman–Crippen LogP) is 1.11. The number of ether oxygens (including phenoxy) is 3. The van der Waals surface area contributed by atoms with E-state index in [1.165, 1.54) is 26.0 Å². The van der Waals surface area contributed by atoms with Crippen molar-refractivity contribution in [2.45, 2.75) is 44.6 Å². The first-order chi connectivity index (χ1) is 19.3. The molecule has 0 spiro atoms. The van der Waals surface area contributed by atoms with Gasteiger partial charge in [0.1, 0.15) is 53.8 Å². The molecule has 1 saturated heterocycles. The van der Waals surface area contributed by atoms with Crippen LogP contribution in [0.15, 0.2) is 42.5 Å². The summed E-state index contributed by atoms with van der Waals surface area (Å²) < 4.78 is 16.3. The molecule has 218 valence electrons. The molecule has 1 heterocycles. The van der Waals surface area contributed by atoms with Gasteiger partial charge in [-0.2, -0.15) is 0 Å². The minimum Gasteiger partial charge on any atom is -0.507 e. The Bertz CT molecular complexity index is 1420. The number of phenols is 5. The van der Waals surface area contributed by atoms with Crippen LogP contribution in [0.2, 0.25) is 0 Å². The second-order valence-electron chi connectivity index (χ2n) is 9.44. The molecule has 3 aromatic rings. The highest BCUT2D eigenvalue weighted by Gasteiger charge is 2.46. The Kier molecular flexibility index (Phi) is 8.26. The molecule has 41 heavy (non-hydrogen) atoms. The van der Waals surface area contributed by atoms with E-state index in [1.54, 1.807) is 18.2 Å². The average molecular weight is 573 g/mol. The molecule has 0 aromatic heterocycles. The fourth-order valence-corrected chi connectivity index (χ4v) is 4.34. The van der Waals surface area contributed by atoms with Crippen LogP contribution in [0.25, 0.3) is 0 Å². The normalized spacial score (nSPS) is 22.2. The Labute approximate surface area is 232 Å². The summed E-state index contributed by atoms with van der Waals surface area (Å²) in [5, 5.41) is 81.6. The molecule has 0 amide bonds. The number of hydrogen-bond acceptors (Lipinski definition) is 13. The number of rotatable bonds is 7. The summed E-state index contributed by atoms with van der Waals surface area (Å²) in [6.07, 6.45) is -8.60. The molecule has 0 saturated carbocycles. The highest BCUT2D eigenvalue weighted by atomic mass is 16.7. The first-order valence-electron chi connectivity index (χ1n) is 12.3. The maximum atomic E-state index is 13.0. The Hall–Kier alpha value is -4.56. The van der Waals surface area contributed by atoms with Crippen molar-refractivity contribution in [1.82, 2.24) is 0 Å². The van der Waals surface area contributed by atoms with Crippen molar-refractivity contribution in [2.75, 3.05) is 6.61 Å². The van der Waals surface area contributed by atoms with E-state index in [2.05, 4.69) is 0 Å². The van der Waals surface area contributed by atoms with Crippen molar-refractivity contribution in [3.8, 4) is 34.5 Å². The van der Waals surface area contributed by atoms with Gasteiger partial charge in [-0.05, 0) is 26.0 Å². The van der Waals surface area contributed by atoms with Crippen molar-refractivity contribution in [2.24, 2.45) is 0 Å². The van der Waals surface area contributed by atoms with Gasteiger partial charge in [0.2, 0.25) is 12.1 Å². The highest BCUT2D eigenvalue weighted by Crippen LogP contribution is 2.43. The number of aromatic hydroxyl groups is 5. The summed E-state index contributed by atoms with van der Waals surface area (Å²) in [4.78, 5) is 25.4. The number of esters is 1. The van der Waals surface area contributed by atoms with Crippen LogP contribution in [0.1, 0.15) is 37.4 Å². The van der Waals surface area contributed by atoms with Crippen LogP contribution in [-0.2, 0) is 9.47 Å². The van der Waals surface area contributed by atoms with Crippen molar-refractivity contribution < 1.29 is 64.7 Å². The molecule has 3 aromatic carbocycles. The van der Waals surface area contributed by atoms with Gasteiger partial charge in [0.15, 0.2) is 17.2 Å². The van der Waals surface area contributed by atoms with Gasteiger partial charge in [0, 0.05) is 16.7 Å². The smallest absolute Gasteiger partial charge is 0.338 e. The lowest BCUT2D eigenvalue weighted by Gasteiger charge is -2.40. The molecule has 0 bridgehead atoms. The van der Waals surface area contributed by atoms with Gasteiger partial charge < -0.3 is 55.1 Å². The van der Waals surface area contributed by atoms with Gasteiger partial charge in [-0.15, -0.1) is 0 Å². The Morgan fingerprint density at radius 1 is 0.780 bits per heavy atom. The van der Waals surface area contributed by atoms with Crippen molar-refractivity contribution >= 4 is 11.8 Å². The Morgan fingerprint density at radius 2 is 1.34 bits per heavy atom. The van der Waals surface area contributed by atoms with Crippen LogP contribution in [0.3, 0.4) is 0 Å². The lowest BCUT2D eigenvalue weighted by Crippen LogP contribution is -2.60. The third kappa shape index (κ3) is 5.56. The first kappa shape index (κ1) is 29.4. The fourth-order valence-electron chi connectivity index (χ4n) is 4.34. The Morgan fingerprint density at radius 3 is 1.90 bits per heavy atom. The van der Waals surface area contributed by atoms with Gasteiger partial charge in [-0.3, -0.25) is 4.79 Å². The quantitative estimate of drug-likeness (QED) is 0.113. The molecule has 8 N–H and O–H groups in total. The maximum Gasteiger partial charge on any atom is 0.338 e. The predicted molar refractivity (Wildman–Crippen MR) is 138 cm³/mol. The second-order valence-corrected chi connectivity index (χ2v) is 9.44. The number of aliphatic hydroxyl groups excluding tert-OH is 3. The minimum absolute atomic E-state index is 0.00548. The van der Waals surface area contributed by atoms with E-state index in [0.29, 0.717) is 0 Å². The van der Waals surface area contributed by atoms with Gasteiger partial charge in [0.25, 0.3) is 0 Å². The fraction of sp³-hybridized carbons (Fsp3) is 0.286. The zero-order valence-corrected chi connectivity index (χ0v) is 21.8. The number of hydrogen-bond donors (Lipinski definition) is 8. The highest BCUT2D eigenvalue weighted by molar-refractivity contribution is 6.13. The molecule has 13 heteroatoms. The first-order valence-corrected chi connectivity index (χ1v) is 12.3.